The topological polar surface area (TPSA) is 69.3 Å². The number of fused-ring (bicyclic) bond motifs is 3. The van der Waals surface area contributed by atoms with Gasteiger partial charge in [0.05, 0.1) is 13.2 Å². The van der Waals surface area contributed by atoms with E-state index in [0.29, 0.717) is 12.1 Å². The van der Waals surface area contributed by atoms with Crippen LogP contribution in [0.4, 0.5) is 0 Å². The first-order valence-corrected chi connectivity index (χ1v) is 11.7. The van der Waals surface area contributed by atoms with Crippen molar-refractivity contribution in [2.75, 3.05) is 20.8 Å². The van der Waals surface area contributed by atoms with Crippen LogP contribution < -0.4 is 10.5 Å². The lowest BCUT2D eigenvalue weighted by molar-refractivity contribution is -0.232. The van der Waals surface area contributed by atoms with E-state index in [9.17, 15) is 0 Å². The third kappa shape index (κ3) is 3.28. The first kappa shape index (κ1) is 21.3. The van der Waals surface area contributed by atoms with E-state index in [1.807, 2.05) is 19.2 Å². The number of aliphatic imine (C=N–C) groups is 1. The summed E-state index contributed by atoms with van der Waals surface area (Å²) in [7, 11) is 3.54. The third-order valence-electron chi connectivity index (χ3n) is 7.44. The van der Waals surface area contributed by atoms with Crippen LogP contribution in [0.25, 0.3) is 11.1 Å². The van der Waals surface area contributed by atoms with Crippen molar-refractivity contribution < 1.29 is 14.3 Å². The lowest BCUT2D eigenvalue weighted by Crippen LogP contribution is -2.46. The van der Waals surface area contributed by atoms with Gasteiger partial charge in [0.1, 0.15) is 5.75 Å². The summed E-state index contributed by atoms with van der Waals surface area (Å²) < 4.78 is 11.5. The van der Waals surface area contributed by atoms with Gasteiger partial charge in [-0.3, -0.25) is 0 Å². The Morgan fingerprint density at radius 1 is 1.16 bits per heavy atom. The minimum Gasteiger partial charge on any atom is -0.497 e. The van der Waals surface area contributed by atoms with Gasteiger partial charge in [-0.15, -0.1) is 0 Å². The fourth-order valence-electron chi connectivity index (χ4n) is 5.73. The van der Waals surface area contributed by atoms with Crippen LogP contribution in [0.3, 0.4) is 0 Å². The molecule has 3 aliphatic rings. The van der Waals surface area contributed by atoms with E-state index in [0.717, 1.165) is 67.6 Å². The van der Waals surface area contributed by atoms with Gasteiger partial charge in [-0.25, -0.2) is 14.9 Å². The Kier molecular flexibility index (Phi) is 5.38. The third-order valence-corrected chi connectivity index (χ3v) is 7.44. The zero-order chi connectivity index (χ0) is 22.3. The summed E-state index contributed by atoms with van der Waals surface area (Å²) in [5, 5.41) is 1.63. The zero-order valence-electron chi connectivity index (χ0n) is 19.3. The minimum absolute atomic E-state index is 0.107. The van der Waals surface area contributed by atoms with Gasteiger partial charge in [0.25, 0.3) is 0 Å². The Morgan fingerprint density at radius 2 is 1.94 bits per heavy atom. The Morgan fingerprint density at radius 3 is 2.62 bits per heavy atom. The summed E-state index contributed by atoms with van der Waals surface area (Å²) in [6.45, 7) is 2.99. The van der Waals surface area contributed by atoms with Crippen LogP contribution in [0.2, 0.25) is 0 Å². The van der Waals surface area contributed by atoms with E-state index in [1.165, 1.54) is 5.56 Å². The summed E-state index contributed by atoms with van der Waals surface area (Å²) in [4.78, 5) is 11.5. The van der Waals surface area contributed by atoms with Crippen molar-refractivity contribution in [1.29, 1.82) is 0 Å². The molecule has 0 amide bonds. The molecule has 0 aromatic heterocycles. The highest BCUT2D eigenvalue weighted by atomic mass is 16.7. The highest BCUT2D eigenvalue weighted by Crippen LogP contribution is 2.62. The molecule has 0 saturated heterocycles. The van der Waals surface area contributed by atoms with Gasteiger partial charge in [-0.05, 0) is 73.4 Å². The Bertz CT molecular complexity index is 1030. The number of benzene rings is 2. The SMILES string of the molecule is CCCO[C@H]1CC[C@]2(CC1)Cc1ccc(-c3cccc(OC)c3)cc1C21N=C(N)N(C)O1. The van der Waals surface area contributed by atoms with Crippen LogP contribution in [0, 0.1) is 5.41 Å². The molecule has 32 heavy (non-hydrogen) atoms. The fourth-order valence-corrected chi connectivity index (χ4v) is 5.73. The average molecular weight is 436 g/mol. The van der Waals surface area contributed by atoms with Gasteiger partial charge in [-0.1, -0.05) is 31.2 Å². The maximum absolute atomic E-state index is 6.53. The largest absolute Gasteiger partial charge is 0.497 e. The molecule has 2 aliphatic carbocycles. The molecule has 0 radical (unpaired) electrons. The predicted molar refractivity (Wildman–Crippen MR) is 125 cm³/mol. The first-order chi connectivity index (χ1) is 15.5. The van der Waals surface area contributed by atoms with E-state index in [-0.39, 0.29) is 5.41 Å². The van der Waals surface area contributed by atoms with Crippen LogP contribution in [0.5, 0.6) is 5.75 Å². The second-order valence-corrected chi connectivity index (χ2v) is 9.33. The standard InChI is InChI=1S/C26H33N3O3/c1-4-14-31-21-10-12-25(13-11-21)17-20-9-8-19(18-6-5-7-22(15-18)30-3)16-23(20)26(25)28-24(27)29(2)32-26/h5-9,15-16,21H,4,10-14,17H2,1-3H3,(H2,27,28)/t21-,25-,26?. The molecule has 2 aromatic carbocycles. The van der Waals surface area contributed by atoms with E-state index < -0.39 is 5.72 Å². The number of nitrogens with zero attached hydrogens (tertiary/aromatic N) is 2. The number of hydrogen-bond acceptors (Lipinski definition) is 6. The van der Waals surface area contributed by atoms with Crippen molar-refractivity contribution in [2.45, 2.75) is 57.3 Å². The summed E-state index contributed by atoms with van der Waals surface area (Å²) >= 11 is 0. The number of hydrogen-bond donors (Lipinski definition) is 1. The molecule has 1 atom stereocenters. The number of methoxy groups -OCH3 is 1. The fraction of sp³-hybridized carbons (Fsp3) is 0.500. The zero-order valence-corrected chi connectivity index (χ0v) is 19.3. The molecule has 1 heterocycles. The van der Waals surface area contributed by atoms with E-state index in [2.05, 4.69) is 37.3 Å². The molecular weight excluding hydrogens is 402 g/mol. The van der Waals surface area contributed by atoms with Crippen LogP contribution >= 0.6 is 0 Å². The maximum atomic E-state index is 6.53. The molecule has 1 fully saturated rings. The molecular formula is C26H33N3O3. The number of guanidine groups is 1. The molecule has 6 nitrogen and oxygen atoms in total. The molecule has 1 unspecified atom stereocenters. The predicted octanol–water partition coefficient (Wildman–Crippen LogP) is 4.62. The van der Waals surface area contributed by atoms with Crippen molar-refractivity contribution in [2.24, 2.45) is 16.1 Å². The lowest BCUT2D eigenvalue weighted by atomic mass is 9.66. The number of nitrogens with two attached hydrogens (primary N) is 1. The molecule has 1 saturated carbocycles. The summed E-state index contributed by atoms with van der Waals surface area (Å²) in [5.41, 5.74) is 10.1. The van der Waals surface area contributed by atoms with Crippen molar-refractivity contribution in [3.05, 3.63) is 53.6 Å². The highest BCUT2D eigenvalue weighted by Gasteiger charge is 2.63. The number of rotatable bonds is 5. The maximum Gasteiger partial charge on any atom is 0.220 e. The first-order valence-electron chi connectivity index (χ1n) is 11.7. The molecule has 6 heteroatoms. The molecule has 1 aliphatic heterocycles. The Balaban J connectivity index is 1.54. The summed E-state index contributed by atoms with van der Waals surface area (Å²) in [5.74, 6) is 1.28. The van der Waals surface area contributed by atoms with Crippen molar-refractivity contribution in [3.63, 3.8) is 0 Å². The van der Waals surface area contributed by atoms with Crippen LogP contribution in [-0.4, -0.2) is 37.9 Å². The smallest absolute Gasteiger partial charge is 0.220 e. The number of hydroxylamine groups is 2. The van der Waals surface area contributed by atoms with E-state index >= 15 is 0 Å². The van der Waals surface area contributed by atoms with Gasteiger partial charge < -0.3 is 15.2 Å². The van der Waals surface area contributed by atoms with Crippen molar-refractivity contribution in [1.82, 2.24) is 5.06 Å². The Labute approximate surface area is 190 Å². The van der Waals surface area contributed by atoms with Crippen molar-refractivity contribution in [3.8, 4) is 16.9 Å². The quantitative estimate of drug-likeness (QED) is 0.742. The van der Waals surface area contributed by atoms with E-state index in [4.69, 9.17) is 25.0 Å². The van der Waals surface area contributed by atoms with Gasteiger partial charge in [-0.2, -0.15) is 0 Å². The van der Waals surface area contributed by atoms with Gasteiger partial charge in [0.15, 0.2) is 0 Å². The Hall–Kier alpha value is -2.57. The number of ether oxygens (including phenoxy) is 2. The molecule has 2 aromatic rings. The van der Waals surface area contributed by atoms with Gasteiger partial charge in [0.2, 0.25) is 11.7 Å². The highest BCUT2D eigenvalue weighted by molar-refractivity contribution is 5.79. The monoisotopic (exact) mass is 435 g/mol. The molecule has 0 bridgehead atoms. The van der Waals surface area contributed by atoms with Gasteiger partial charge >= 0.3 is 0 Å². The van der Waals surface area contributed by atoms with Crippen LogP contribution in [-0.2, 0) is 21.7 Å². The molecule has 170 valence electrons. The normalized spacial score (nSPS) is 28.9. The molecule has 5 rings (SSSR count). The van der Waals surface area contributed by atoms with E-state index in [1.54, 1.807) is 12.2 Å². The summed E-state index contributed by atoms with van der Waals surface area (Å²) in [6, 6.07) is 14.8. The second-order valence-electron chi connectivity index (χ2n) is 9.33. The molecule has 2 spiro atoms. The van der Waals surface area contributed by atoms with Crippen LogP contribution in [0.15, 0.2) is 47.5 Å². The minimum atomic E-state index is -0.772. The second kappa shape index (κ2) is 8.09. The average Bonchev–Trinajstić information content (AvgIpc) is 3.26. The van der Waals surface area contributed by atoms with Crippen molar-refractivity contribution >= 4 is 5.96 Å². The van der Waals surface area contributed by atoms with Gasteiger partial charge in [0, 0.05) is 24.6 Å². The molecule has 2 N–H and O–H groups in total. The lowest BCUT2D eigenvalue weighted by Gasteiger charge is -2.45. The summed E-state index contributed by atoms with van der Waals surface area (Å²) in [6.07, 6.45) is 6.41. The van der Waals surface area contributed by atoms with Crippen LogP contribution in [0.1, 0.15) is 50.2 Å².